The van der Waals surface area contributed by atoms with E-state index in [1.165, 1.54) is 0 Å². The molecule has 1 heterocycles. The predicted molar refractivity (Wildman–Crippen MR) is 70.9 cm³/mol. The molecule has 0 aliphatic heterocycles. The van der Waals surface area contributed by atoms with Crippen molar-refractivity contribution in [3.05, 3.63) is 11.7 Å². The molecule has 1 rings (SSSR count). The maximum Gasteiger partial charge on any atom is 0.328 e. The summed E-state index contributed by atoms with van der Waals surface area (Å²) in [5.41, 5.74) is 0. The van der Waals surface area contributed by atoms with Gasteiger partial charge in [-0.2, -0.15) is 4.98 Å². The Bertz CT molecular complexity index is 445. The molecule has 0 saturated carbocycles. The molecule has 0 aliphatic carbocycles. The van der Waals surface area contributed by atoms with Crippen LogP contribution in [0.3, 0.4) is 0 Å². The number of esters is 1. The first-order chi connectivity index (χ1) is 9.56. The number of aryl methyl sites for hydroxylation is 2. The Kier molecular flexibility index (Phi) is 6.69. The van der Waals surface area contributed by atoms with Crippen molar-refractivity contribution in [1.29, 1.82) is 0 Å². The summed E-state index contributed by atoms with van der Waals surface area (Å²) < 4.78 is 9.83. The van der Waals surface area contributed by atoms with Crippen LogP contribution in [0, 0.1) is 0 Å². The number of rotatable bonds is 8. The minimum Gasteiger partial charge on any atom is -0.464 e. The summed E-state index contributed by atoms with van der Waals surface area (Å²) in [5.74, 6) is 0.403. The first kappa shape index (κ1) is 16.1. The van der Waals surface area contributed by atoms with Crippen molar-refractivity contribution < 1.29 is 18.8 Å². The average molecular weight is 283 g/mol. The largest absolute Gasteiger partial charge is 0.464 e. The zero-order chi connectivity index (χ0) is 15.0. The number of nitrogens with one attached hydrogen (secondary N) is 1. The van der Waals surface area contributed by atoms with E-state index in [9.17, 15) is 9.59 Å². The van der Waals surface area contributed by atoms with E-state index < -0.39 is 12.0 Å². The summed E-state index contributed by atoms with van der Waals surface area (Å²) in [6, 6.07) is -0.652. The van der Waals surface area contributed by atoms with Gasteiger partial charge in [-0.25, -0.2) is 4.79 Å². The predicted octanol–water partition coefficient (Wildman–Crippen LogP) is 1.02. The highest BCUT2D eigenvalue weighted by Gasteiger charge is 2.17. The molecule has 0 aliphatic rings. The standard InChI is InChI=1S/C13H21N3O4/c1-4-6-10-15-12(20-16-10)8-7-11(17)14-9(3)13(18)19-5-2/h9H,4-8H2,1-3H3,(H,14,17). The molecule has 1 N–H and O–H groups in total. The van der Waals surface area contributed by atoms with Crippen LogP contribution < -0.4 is 5.32 Å². The fourth-order valence-corrected chi connectivity index (χ4v) is 1.58. The van der Waals surface area contributed by atoms with Crippen molar-refractivity contribution in [3.8, 4) is 0 Å². The van der Waals surface area contributed by atoms with Gasteiger partial charge in [0.25, 0.3) is 0 Å². The van der Waals surface area contributed by atoms with Gasteiger partial charge in [-0.15, -0.1) is 0 Å². The number of amides is 1. The molecule has 7 nitrogen and oxygen atoms in total. The molecule has 1 aromatic rings. The van der Waals surface area contributed by atoms with Gasteiger partial charge in [0.15, 0.2) is 5.82 Å². The molecular weight excluding hydrogens is 262 g/mol. The Labute approximate surface area is 118 Å². The van der Waals surface area contributed by atoms with Crippen molar-refractivity contribution in [3.63, 3.8) is 0 Å². The van der Waals surface area contributed by atoms with Crippen LogP contribution in [-0.4, -0.2) is 34.7 Å². The molecule has 0 aromatic carbocycles. The third-order valence-electron chi connectivity index (χ3n) is 2.57. The minimum atomic E-state index is -0.652. The highest BCUT2D eigenvalue weighted by Crippen LogP contribution is 2.03. The van der Waals surface area contributed by atoms with Crippen LogP contribution in [-0.2, 0) is 27.2 Å². The molecule has 112 valence electrons. The third kappa shape index (κ3) is 5.38. The van der Waals surface area contributed by atoms with Crippen LogP contribution in [0.5, 0.6) is 0 Å². The molecule has 0 fully saturated rings. The molecule has 1 unspecified atom stereocenters. The molecular formula is C13H21N3O4. The van der Waals surface area contributed by atoms with Crippen molar-refractivity contribution in [2.75, 3.05) is 6.61 Å². The Balaban J connectivity index is 2.33. The summed E-state index contributed by atoms with van der Waals surface area (Å²) >= 11 is 0. The van der Waals surface area contributed by atoms with E-state index in [-0.39, 0.29) is 12.3 Å². The van der Waals surface area contributed by atoms with Crippen LogP contribution in [0.25, 0.3) is 0 Å². The quantitative estimate of drug-likeness (QED) is 0.716. The van der Waals surface area contributed by atoms with Crippen molar-refractivity contribution in [2.24, 2.45) is 0 Å². The fraction of sp³-hybridized carbons (Fsp3) is 0.692. The fourth-order valence-electron chi connectivity index (χ4n) is 1.58. The lowest BCUT2D eigenvalue weighted by Crippen LogP contribution is -2.39. The monoisotopic (exact) mass is 283 g/mol. The highest BCUT2D eigenvalue weighted by atomic mass is 16.5. The molecule has 0 radical (unpaired) electrons. The number of carbonyl (C=O) groups excluding carboxylic acids is 2. The lowest BCUT2D eigenvalue weighted by atomic mass is 10.2. The van der Waals surface area contributed by atoms with Crippen molar-refractivity contribution in [1.82, 2.24) is 15.5 Å². The minimum absolute atomic E-state index is 0.192. The van der Waals surface area contributed by atoms with E-state index in [1.54, 1.807) is 13.8 Å². The van der Waals surface area contributed by atoms with Gasteiger partial charge in [0.2, 0.25) is 11.8 Å². The Morgan fingerprint density at radius 2 is 2.10 bits per heavy atom. The zero-order valence-corrected chi connectivity index (χ0v) is 12.1. The Morgan fingerprint density at radius 3 is 2.75 bits per heavy atom. The van der Waals surface area contributed by atoms with Gasteiger partial charge in [0.05, 0.1) is 6.61 Å². The summed E-state index contributed by atoms with van der Waals surface area (Å²) in [6.07, 6.45) is 2.25. The number of aromatic nitrogens is 2. The van der Waals surface area contributed by atoms with E-state index in [4.69, 9.17) is 9.26 Å². The molecule has 0 bridgehead atoms. The Morgan fingerprint density at radius 1 is 1.35 bits per heavy atom. The number of hydrogen-bond acceptors (Lipinski definition) is 6. The molecule has 1 amide bonds. The zero-order valence-electron chi connectivity index (χ0n) is 12.1. The highest BCUT2D eigenvalue weighted by molar-refractivity contribution is 5.84. The summed E-state index contributed by atoms with van der Waals surface area (Å²) in [5, 5.41) is 6.37. The number of ether oxygens (including phenoxy) is 1. The van der Waals surface area contributed by atoms with Crippen molar-refractivity contribution >= 4 is 11.9 Å². The van der Waals surface area contributed by atoms with E-state index in [0.717, 1.165) is 12.8 Å². The number of carbonyl (C=O) groups is 2. The molecule has 1 atom stereocenters. The topological polar surface area (TPSA) is 94.3 Å². The molecule has 0 saturated heterocycles. The molecule has 20 heavy (non-hydrogen) atoms. The maximum absolute atomic E-state index is 11.7. The first-order valence-corrected chi connectivity index (χ1v) is 6.84. The van der Waals surface area contributed by atoms with Crippen LogP contribution in [0.2, 0.25) is 0 Å². The first-order valence-electron chi connectivity index (χ1n) is 6.84. The third-order valence-corrected chi connectivity index (χ3v) is 2.57. The van der Waals surface area contributed by atoms with Crippen LogP contribution >= 0.6 is 0 Å². The van der Waals surface area contributed by atoms with E-state index in [1.807, 2.05) is 6.92 Å². The van der Waals surface area contributed by atoms with Gasteiger partial charge >= 0.3 is 5.97 Å². The number of nitrogens with zero attached hydrogens (tertiary/aromatic N) is 2. The van der Waals surface area contributed by atoms with Gasteiger partial charge in [-0.3, -0.25) is 4.79 Å². The molecule has 7 heteroatoms. The van der Waals surface area contributed by atoms with Crippen LogP contribution in [0.4, 0.5) is 0 Å². The average Bonchev–Trinajstić information content (AvgIpc) is 2.85. The summed E-state index contributed by atoms with van der Waals surface area (Å²) in [7, 11) is 0. The molecule has 1 aromatic heterocycles. The normalized spacial score (nSPS) is 11.9. The second-order valence-corrected chi connectivity index (χ2v) is 4.40. The van der Waals surface area contributed by atoms with E-state index >= 15 is 0 Å². The smallest absolute Gasteiger partial charge is 0.328 e. The Hall–Kier alpha value is -1.92. The second-order valence-electron chi connectivity index (χ2n) is 4.40. The van der Waals surface area contributed by atoms with Gasteiger partial charge in [0.1, 0.15) is 6.04 Å². The lowest BCUT2D eigenvalue weighted by molar-refractivity contribution is -0.146. The molecule has 0 spiro atoms. The van der Waals surface area contributed by atoms with Crippen LogP contribution in [0.1, 0.15) is 45.3 Å². The van der Waals surface area contributed by atoms with E-state index in [2.05, 4.69) is 15.5 Å². The SMILES string of the molecule is CCCc1noc(CCC(=O)NC(C)C(=O)OCC)n1. The van der Waals surface area contributed by atoms with E-state index in [0.29, 0.717) is 24.7 Å². The van der Waals surface area contributed by atoms with Gasteiger partial charge in [-0.1, -0.05) is 12.1 Å². The van der Waals surface area contributed by atoms with Crippen LogP contribution in [0.15, 0.2) is 4.52 Å². The second kappa shape index (κ2) is 8.29. The van der Waals surface area contributed by atoms with Crippen molar-refractivity contribution in [2.45, 2.75) is 52.5 Å². The summed E-state index contributed by atoms with van der Waals surface area (Å²) in [4.78, 5) is 27.2. The van der Waals surface area contributed by atoms with Gasteiger partial charge in [-0.05, 0) is 20.3 Å². The summed E-state index contributed by atoms with van der Waals surface area (Å²) in [6.45, 7) is 5.62. The maximum atomic E-state index is 11.7. The lowest BCUT2D eigenvalue weighted by Gasteiger charge is -2.11. The van der Waals surface area contributed by atoms with Gasteiger partial charge in [0, 0.05) is 19.3 Å². The van der Waals surface area contributed by atoms with Gasteiger partial charge < -0.3 is 14.6 Å². The number of hydrogen-bond donors (Lipinski definition) is 1.